The molecule has 0 radical (unpaired) electrons. The van der Waals surface area contributed by atoms with Gasteiger partial charge in [0.05, 0.1) is 0 Å². The third-order valence-electron chi connectivity index (χ3n) is 7.40. The van der Waals surface area contributed by atoms with Gasteiger partial charge in [-0.15, -0.1) is 0 Å². The van der Waals surface area contributed by atoms with E-state index >= 15 is 0 Å². The molecule has 2 aliphatic heterocycles. The Bertz CT molecular complexity index is 742. The molecule has 5 atom stereocenters. The van der Waals surface area contributed by atoms with Crippen molar-refractivity contribution in [2.45, 2.75) is 70.3 Å². The summed E-state index contributed by atoms with van der Waals surface area (Å²) in [5.74, 6) is 0.896. The van der Waals surface area contributed by atoms with Crippen LogP contribution in [-0.2, 0) is 5.41 Å². The van der Waals surface area contributed by atoms with Crippen molar-refractivity contribution in [2.24, 2.45) is 11.8 Å². The number of quaternary nitrogens is 1. The zero-order valence-corrected chi connectivity index (χ0v) is 17.0. The van der Waals surface area contributed by atoms with Crippen molar-refractivity contribution in [1.29, 1.82) is 0 Å². The molecule has 0 amide bonds. The van der Waals surface area contributed by atoms with Crippen molar-refractivity contribution in [3.8, 4) is 0 Å². The molecule has 0 bridgehead atoms. The fourth-order valence-electron chi connectivity index (χ4n) is 5.68. The van der Waals surface area contributed by atoms with Gasteiger partial charge >= 0.3 is 0 Å². The Hall–Kier alpha value is -1.36. The highest BCUT2D eigenvalue weighted by atomic mass is 16.5. The van der Waals surface area contributed by atoms with E-state index < -0.39 is 0 Å². The van der Waals surface area contributed by atoms with Crippen LogP contribution in [0.4, 0.5) is 11.4 Å². The fourth-order valence-corrected chi connectivity index (χ4v) is 5.68. The second-order valence-electron chi connectivity index (χ2n) is 9.55. The minimum absolute atomic E-state index is 0.0519. The minimum Gasteiger partial charge on any atom is -0.629 e. The molecule has 5 unspecified atom stereocenters. The summed E-state index contributed by atoms with van der Waals surface area (Å²) in [4.78, 5) is 0. The number of aliphatic hydroxyl groups excluding tert-OH is 1. The first kappa shape index (κ1) is 19.0. The molecule has 1 aliphatic carbocycles. The van der Waals surface area contributed by atoms with Crippen molar-refractivity contribution >= 4 is 11.4 Å². The number of hydroxylamine groups is 1. The molecule has 2 heterocycles. The van der Waals surface area contributed by atoms with Crippen molar-refractivity contribution in [2.75, 3.05) is 18.5 Å². The van der Waals surface area contributed by atoms with Crippen LogP contribution < -0.4 is 10.4 Å². The lowest BCUT2D eigenvalue weighted by molar-refractivity contribution is -0.770. The maximum Gasteiger partial charge on any atom is 0.137 e. The summed E-state index contributed by atoms with van der Waals surface area (Å²) in [7, 11) is 0. The van der Waals surface area contributed by atoms with Crippen LogP contribution in [0.15, 0.2) is 24.3 Å². The molecule has 1 saturated carbocycles. The van der Waals surface area contributed by atoms with Gasteiger partial charge in [0.1, 0.15) is 12.2 Å². The summed E-state index contributed by atoms with van der Waals surface area (Å²) in [6, 6.07) is 4.69. The quantitative estimate of drug-likeness (QED) is 0.548. The average Bonchev–Trinajstić information content (AvgIpc) is 2.99. The Morgan fingerprint density at radius 3 is 2.81 bits per heavy atom. The van der Waals surface area contributed by atoms with Gasteiger partial charge in [-0.25, -0.2) is 0 Å². The molecule has 4 heteroatoms. The smallest absolute Gasteiger partial charge is 0.137 e. The first-order valence-corrected chi connectivity index (χ1v) is 10.6. The maximum atomic E-state index is 13.1. The first-order valence-electron chi connectivity index (χ1n) is 10.6. The van der Waals surface area contributed by atoms with E-state index in [0.29, 0.717) is 12.5 Å². The number of hydrogen-bond donors (Lipinski definition) is 3. The fraction of sp³-hybridized carbons (Fsp3) is 0.652. The Kier molecular flexibility index (Phi) is 4.86. The molecule has 1 fully saturated rings. The van der Waals surface area contributed by atoms with Crippen LogP contribution in [-0.4, -0.2) is 24.3 Å². The third kappa shape index (κ3) is 3.02. The van der Waals surface area contributed by atoms with E-state index in [1.807, 2.05) is 0 Å². The molecular formula is C23H34N2O2. The molecule has 0 aromatic heterocycles. The van der Waals surface area contributed by atoms with E-state index in [2.05, 4.69) is 44.8 Å². The van der Waals surface area contributed by atoms with Gasteiger partial charge in [-0.1, -0.05) is 40.2 Å². The van der Waals surface area contributed by atoms with E-state index in [1.165, 1.54) is 24.0 Å². The van der Waals surface area contributed by atoms with Gasteiger partial charge in [0.25, 0.3) is 0 Å². The van der Waals surface area contributed by atoms with E-state index in [-0.39, 0.29) is 35.0 Å². The number of aliphatic hydroxyl groups is 1. The van der Waals surface area contributed by atoms with Crippen LogP contribution in [0, 0.1) is 17.0 Å². The summed E-state index contributed by atoms with van der Waals surface area (Å²) in [5.41, 5.74) is 5.65. The second kappa shape index (κ2) is 6.91. The Balaban J connectivity index is 1.83. The van der Waals surface area contributed by atoms with E-state index in [9.17, 15) is 10.3 Å². The molecule has 1 aromatic carbocycles. The monoisotopic (exact) mass is 370 g/mol. The highest BCUT2D eigenvalue weighted by Gasteiger charge is 2.49. The van der Waals surface area contributed by atoms with E-state index in [0.717, 1.165) is 36.2 Å². The summed E-state index contributed by atoms with van der Waals surface area (Å²) in [6.07, 6.45) is 5.53. The number of unbranched alkanes of at least 4 members (excludes halogenated alkanes) is 1. The normalized spacial score (nSPS) is 32.0. The zero-order chi connectivity index (χ0) is 19.3. The summed E-state index contributed by atoms with van der Waals surface area (Å²) >= 11 is 0. The minimum atomic E-state index is 0.0519. The van der Waals surface area contributed by atoms with Crippen molar-refractivity contribution < 1.29 is 10.2 Å². The summed E-state index contributed by atoms with van der Waals surface area (Å²) in [5, 5.41) is 27.0. The van der Waals surface area contributed by atoms with Crippen LogP contribution >= 0.6 is 0 Å². The van der Waals surface area contributed by atoms with Gasteiger partial charge in [-0.2, -0.15) is 0 Å². The second-order valence-corrected chi connectivity index (χ2v) is 9.55. The number of anilines is 1. The Morgan fingerprint density at radius 2 is 2.11 bits per heavy atom. The Labute approximate surface area is 163 Å². The predicted octanol–water partition coefficient (Wildman–Crippen LogP) is 3.63. The Morgan fingerprint density at radius 1 is 1.33 bits per heavy atom. The lowest BCUT2D eigenvalue weighted by Crippen LogP contribution is -3.02. The highest BCUT2D eigenvalue weighted by Crippen LogP contribution is 2.54. The SMILES string of the molecule is C=C1C[NH+]([O-])c2cc(C(C)(C)CCCC)cc3c2C2C1CCC(CO)C2N3. The van der Waals surface area contributed by atoms with E-state index in [4.69, 9.17) is 0 Å². The van der Waals surface area contributed by atoms with E-state index in [1.54, 1.807) is 0 Å². The zero-order valence-electron chi connectivity index (χ0n) is 17.0. The van der Waals surface area contributed by atoms with Crippen molar-refractivity contribution in [1.82, 2.24) is 0 Å². The van der Waals surface area contributed by atoms with Crippen LogP contribution in [0.25, 0.3) is 0 Å². The number of hydrogen-bond acceptors (Lipinski definition) is 3. The number of benzene rings is 1. The average molecular weight is 371 g/mol. The van der Waals surface area contributed by atoms with Gasteiger partial charge < -0.3 is 20.7 Å². The van der Waals surface area contributed by atoms with Gasteiger partial charge in [-0.05, 0) is 47.8 Å². The molecular weight excluding hydrogens is 336 g/mol. The van der Waals surface area contributed by atoms with Crippen molar-refractivity contribution in [3.05, 3.63) is 40.6 Å². The summed E-state index contributed by atoms with van der Waals surface area (Å²) in [6.45, 7) is 11.8. The third-order valence-corrected chi connectivity index (χ3v) is 7.40. The molecule has 0 saturated heterocycles. The van der Waals surface area contributed by atoms with Gasteiger partial charge in [-0.3, -0.25) is 0 Å². The van der Waals surface area contributed by atoms with Crippen molar-refractivity contribution in [3.63, 3.8) is 0 Å². The van der Waals surface area contributed by atoms with Crippen LogP contribution in [0.1, 0.15) is 69.9 Å². The molecule has 148 valence electrons. The first-order chi connectivity index (χ1) is 12.9. The predicted molar refractivity (Wildman–Crippen MR) is 110 cm³/mol. The number of rotatable bonds is 5. The van der Waals surface area contributed by atoms with Gasteiger partial charge in [0.15, 0.2) is 0 Å². The molecule has 4 nitrogen and oxygen atoms in total. The molecule has 0 spiro atoms. The highest BCUT2D eigenvalue weighted by molar-refractivity contribution is 5.71. The number of nitrogens with one attached hydrogen (secondary N) is 2. The topological polar surface area (TPSA) is 59.8 Å². The summed E-state index contributed by atoms with van der Waals surface area (Å²) < 4.78 is 0. The molecule has 27 heavy (non-hydrogen) atoms. The molecule has 3 aliphatic rings. The largest absolute Gasteiger partial charge is 0.629 e. The standard InChI is InChI=1S/C23H34N2O2/c1-5-6-9-23(3,4)16-10-18-21-19(11-16)25(27)12-14(2)17-8-7-15(13-26)22(24-18)20(17)21/h10-11,15,17,20,22,24-26H,2,5-9,12-13H2,1,3-4H3. The lowest BCUT2D eigenvalue weighted by Gasteiger charge is -2.38. The molecule has 4 rings (SSSR count). The van der Waals surface area contributed by atoms with Crippen LogP contribution in [0.5, 0.6) is 0 Å². The van der Waals surface area contributed by atoms with Crippen LogP contribution in [0.2, 0.25) is 0 Å². The maximum absolute atomic E-state index is 13.1. The molecule has 1 aromatic rings. The lowest BCUT2D eigenvalue weighted by atomic mass is 9.67. The van der Waals surface area contributed by atoms with Gasteiger partial charge in [0, 0.05) is 41.8 Å². The molecule has 3 N–H and O–H groups in total. The van der Waals surface area contributed by atoms with Gasteiger partial charge in [0.2, 0.25) is 0 Å². The van der Waals surface area contributed by atoms with Crippen LogP contribution in [0.3, 0.4) is 0 Å².